The molecule has 5 heteroatoms. The third-order valence-corrected chi connectivity index (χ3v) is 3.22. The van der Waals surface area contributed by atoms with Crippen molar-refractivity contribution in [3.05, 3.63) is 41.2 Å². The second-order valence-electron chi connectivity index (χ2n) is 3.81. The van der Waals surface area contributed by atoms with Crippen molar-refractivity contribution in [3.8, 4) is 0 Å². The van der Waals surface area contributed by atoms with Crippen LogP contribution in [0.5, 0.6) is 0 Å². The van der Waals surface area contributed by atoms with E-state index in [9.17, 15) is 0 Å². The van der Waals surface area contributed by atoms with Crippen molar-refractivity contribution < 1.29 is 0 Å². The van der Waals surface area contributed by atoms with Crippen LogP contribution in [-0.2, 0) is 5.75 Å². The molecule has 0 aliphatic carbocycles. The van der Waals surface area contributed by atoms with E-state index in [1.165, 1.54) is 27.7 Å². The first-order chi connectivity index (χ1) is 7.65. The number of rotatable bonds is 3. The van der Waals surface area contributed by atoms with Crippen LogP contribution >= 0.6 is 11.8 Å². The number of hydrogen-bond acceptors (Lipinski definition) is 4. The van der Waals surface area contributed by atoms with Crippen molar-refractivity contribution >= 4 is 11.8 Å². The average molecular weight is 234 g/mol. The molecular formula is C11H14N4S. The second kappa shape index (κ2) is 4.57. The van der Waals surface area contributed by atoms with Crippen LogP contribution in [0.25, 0.3) is 0 Å². The molecule has 0 unspecified atom stereocenters. The lowest BCUT2D eigenvalue weighted by Gasteiger charge is -2.04. The molecule has 0 aliphatic rings. The van der Waals surface area contributed by atoms with Crippen LogP contribution in [-0.4, -0.2) is 14.9 Å². The highest BCUT2D eigenvalue weighted by Gasteiger charge is 2.03. The van der Waals surface area contributed by atoms with Crippen LogP contribution in [0.2, 0.25) is 0 Å². The van der Waals surface area contributed by atoms with Gasteiger partial charge in [0.15, 0.2) is 0 Å². The molecule has 0 spiro atoms. The topological polar surface area (TPSA) is 56.7 Å². The summed E-state index contributed by atoms with van der Waals surface area (Å²) in [5.74, 6) is 6.49. The van der Waals surface area contributed by atoms with Gasteiger partial charge in [0.05, 0.1) is 0 Å². The minimum Gasteiger partial charge on any atom is -0.336 e. The Morgan fingerprint density at radius 3 is 2.50 bits per heavy atom. The number of hydrogen-bond donors (Lipinski definition) is 1. The number of nitrogen functional groups attached to an aromatic ring is 1. The molecule has 2 aromatic rings. The van der Waals surface area contributed by atoms with Crippen molar-refractivity contribution in [3.63, 3.8) is 0 Å². The molecule has 0 atom stereocenters. The predicted molar refractivity (Wildman–Crippen MR) is 65.6 cm³/mol. The molecule has 2 N–H and O–H groups in total. The van der Waals surface area contributed by atoms with Crippen molar-refractivity contribution in [2.45, 2.75) is 24.8 Å². The summed E-state index contributed by atoms with van der Waals surface area (Å²) in [7, 11) is 0. The van der Waals surface area contributed by atoms with Crippen LogP contribution in [0, 0.1) is 13.8 Å². The predicted octanol–water partition coefficient (Wildman–Crippen LogP) is 1.90. The summed E-state index contributed by atoms with van der Waals surface area (Å²) in [5.41, 5.74) is 3.85. The molecule has 0 fully saturated rings. The number of thioether (sulfide) groups is 1. The highest BCUT2D eigenvalue weighted by molar-refractivity contribution is 7.98. The molecule has 2 rings (SSSR count). The fourth-order valence-corrected chi connectivity index (χ4v) is 2.40. The van der Waals surface area contributed by atoms with E-state index in [-0.39, 0.29) is 0 Å². The van der Waals surface area contributed by atoms with Gasteiger partial charge in [-0.15, -0.1) is 10.2 Å². The van der Waals surface area contributed by atoms with E-state index in [1.54, 1.807) is 11.8 Å². The summed E-state index contributed by atoms with van der Waals surface area (Å²) >= 11 is 1.59. The molecule has 4 nitrogen and oxygen atoms in total. The highest BCUT2D eigenvalue weighted by atomic mass is 32.2. The summed E-state index contributed by atoms with van der Waals surface area (Å²) in [5, 5.41) is 8.40. The molecule has 16 heavy (non-hydrogen) atoms. The molecular weight excluding hydrogens is 220 g/mol. The van der Waals surface area contributed by atoms with E-state index in [2.05, 4.69) is 42.2 Å². The Kier molecular flexibility index (Phi) is 3.14. The summed E-state index contributed by atoms with van der Waals surface area (Å²) in [4.78, 5) is 0. The van der Waals surface area contributed by atoms with Gasteiger partial charge in [0.2, 0.25) is 5.16 Å². The van der Waals surface area contributed by atoms with Crippen LogP contribution < -0.4 is 5.84 Å². The smallest absolute Gasteiger partial charge is 0.209 e. The van der Waals surface area contributed by atoms with Gasteiger partial charge in [-0.25, -0.2) is 4.68 Å². The highest BCUT2D eigenvalue weighted by Crippen LogP contribution is 2.20. The minimum atomic E-state index is 0.735. The largest absolute Gasteiger partial charge is 0.336 e. The van der Waals surface area contributed by atoms with Crippen molar-refractivity contribution in [2.75, 3.05) is 5.84 Å². The van der Waals surface area contributed by atoms with E-state index in [4.69, 9.17) is 5.84 Å². The maximum Gasteiger partial charge on any atom is 0.209 e. The van der Waals surface area contributed by atoms with E-state index in [0.29, 0.717) is 0 Å². The maximum absolute atomic E-state index is 5.64. The Morgan fingerprint density at radius 2 is 1.94 bits per heavy atom. The Hall–Kier alpha value is -1.49. The van der Waals surface area contributed by atoms with Crippen LogP contribution in [0.1, 0.15) is 16.7 Å². The zero-order chi connectivity index (χ0) is 11.5. The third kappa shape index (κ3) is 2.55. The molecule has 1 aromatic carbocycles. The van der Waals surface area contributed by atoms with Gasteiger partial charge in [0.25, 0.3) is 0 Å². The Morgan fingerprint density at radius 1 is 1.25 bits per heavy atom. The van der Waals surface area contributed by atoms with Gasteiger partial charge in [-0.2, -0.15) is 0 Å². The Labute approximate surface area is 98.8 Å². The molecule has 0 aliphatic heterocycles. The first-order valence-electron chi connectivity index (χ1n) is 5.00. The zero-order valence-electron chi connectivity index (χ0n) is 9.34. The van der Waals surface area contributed by atoms with Crippen molar-refractivity contribution in [1.82, 2.24) is 14.9 Å². The van der Waals surface area contributed by atoms with Gasteiger partial charge in [-0.1, -0.05) is 41.1 Å². The normalized spacial score (nSPS) is 10.6. The lowest BCUT2D eigenvalue weighted by atomic mass is 10.1. The fraction of sp³-hybridized carbons (Fsp3) is 0.273. The molecule has 84 valence electrons. The minimum absolute atomic E-state index is 0.735. The molecule has 0 saturated heterocycles. The average Bonchev–Trinajstić information content (AvgIpc) is 2.59. The Balaban J connectivity index is 2.07. The molecule has 0 radical (unpaired) electrons. The summed E-state index contributed by atoms with van der Waals surface area (Å²) in [6.45, 7) is 4.21. The van der Waals surface area contributed by atoms with Gasteiger partial charge in [-0.3, -0.25) is 0 Å². The van der Waals surface area contributed by atoms with E-state index < -0.39 is 0 Å². The van der Waals surface area contributed by atoms with Crippen LogP contribution in [0.15, 0.2) is 29.7 Å². The van der Waals surface area contributed by atoms with Crippen LogP contribution in [0.4, 0.5) is 0 Å². The summed E-state index contributed by atoms with van der Waals surface area (Å²) < 4.78 is 1.44. The van der Waals surface area contributed by atoms with E-state index in [1.807, 2.05) is 0 Å². The first kappa shape index (κ1) is 11.0. The second-order valence-corrected chi connectivity index (χ2v) is 4.75. The number of aromatic nitrogens is 3. The van der Waals surface area contributed by atoms with Gasteiger partial charge >= 0.3 is 0 Å². The monoisotopic (exact) mass is 234 g/mol. The SMILES string of the molecule is Cc1cc(C)cc(CSc2nncn2N)c1. The maximum atomic E-state index is 5.64. The first-order valence-corrected chi connectivity index (χ1v) is 5.99. The van der Waals surface area contributed by atoms with Gasteiger partial charge < -0.3 is 5.84 Å². The van der Waals surface area contributed by atoms with E-state index in [0.717, 1.165) is 10.9 Å². The van der Waals surface area contributed by atoms with Gasteiger partial charge in [0.1, 0.15) is 6.33 Å². The number of benzene rings is 1. The lowest BCUT2D eigenvalue weighted by Crippen LogP contribution is -2.07. The standard InChI is InChI=1S/C11H14N4S/c1-8-3-9(2)5-10(4-8)6-16-11-14-13-7-15(11)12/h3-5,7H,6,12H2,1-2H3. The van der Waals surface area contributed by atoms with Gasteiger partial charge in [0, 0.05) is 5.75 Å². The molecule has 0 bridgehead atoms. The number of aryl methyl sites for hydroxylation is 2. The van der Waals surface area contributed by atoms with Crippen molar-refractivity contribution in [1.29, 1.82) is 0 Å². The van der Waals surface area contributed by atoms with Crippen molar-refractivity contribution in [2.24, 2.45) is 0 Å². The molecule has 1 heterocycles. The molecule has 0 amide bonds. The number of nitrogens with two attached hydrogens (primary N) is 1. The van der Waals surface area contributed by atoms with Crippen LogP contribution in [0.3, 0.4) is 0 Å². The van der Waals surface area contributed by atoms with Gasteiger partial charge in [-0.05, 0) is 19.4 Å². The third-order valence-electron chi connectivity index (χ3n) is 2.19. The Bertz CT molecular complexity index is 472. The summed E-state index contributed by atoms with van der Waals surface area (Å²) in [6, 6.07) is 6.52. The number of nitrogens with zero attached hydrogens (tertiary/aromatic N) is 3. The summed E-state index contributed by atoms with van der Waals surface area (Å²) in [6.07, 6.45) is 1.50. The lowest BCUT2D eigenvalue weighted by molar-refractivity contribution is 0.846. The van der Waals surface area contributed by atoms with E-state index >= 15 is 0 Å². The quantitative estimate of drug-likeness (QED) is 0.651. The zero-order valence-corrected chi connectivity index (χ0v) is 10.2. The fourth-order valence-electron chi connectivity index (χ4n) is 1.64. The molecule has 1 aromatic heterocycles. The molecule has 0 saturated carbocycles.